The normalized spacial score (nSPS) is 20.9. The zero-order valence-corrected chi connectivity index (χ0v) is 16.5. The average Bonchev–Trinajstić information content (AvgIpc) is 2.58. The number of aromatic nitrogens is 2. The number of anilines is 1. The van der Waals surface area contributed by atoms with Crippen molar-refractivity contribution >= 4 is 45.1 Å². The third-order valence-electron chi connectivity index (χ3n) is 4.25. The van der Waals surface area contributed by atoms with E-state index >= 15 is 0 Å². The summed E-state index contributed by atoms with van der Waals surface area (Å²) in [5, 5.41) is 20.3. The molecule has 0 spiro atoms. The quantitative estimate of drug-likeness (QED) is 0.488. The van der Waals surface area contributed by atoms with Crippen molar-refractivity contribution in [3.63, 3.8) is 0 Å². The Balaban J connectivity index is 1.94. The molecule has 3 rings (SSSR count). The molecule has 1 aromatic carbocycles. The van der Waals surface area contributed by atoms with Crippen LogP contribution in [0.2, 0.25) is 0 Å². The van der Waals surface area contributed by atoms with E-state index in [1.54, 1.807) is 11.0 Å². The lowest BCUT2D eigenvalue weighted by atomic mass is 9.93. The molecule has 1 aliphatic heterocycles. The lowest BCUT2D eigenvalue weighted by Crippen LogP contribution is -2.54. The standard InChI is InChI=1S/C15H15FIN5O3S/c16-12-5-13-11(4-10(12)6-18)14(20-9-19-13)22-3-1-2-15(23,8-22)7-21-26(17,24)25/h4-5,9,21,23H,1-3,7-8H2. The van der Waals surface area contributed by atoms with E-state index in [9.17, 15) is 17.9 Å². The minimum atomic E-state index is -3.45. The smallest absolute Gasteiger partial charge is 0.265 e. The number of nitriles is 1. The van der Waals surface area contributed by atoms with Gasteiger partial charge in [-0.3, -0.25) is 0 Å². The fraction of sp³-hybridized carbons (Fsp3) is 0.400. The first-order valence-corrected chi connectivity index (χ1v) is 11.7. The molecule has 138 valence electrons. The maximum absolute atomic E-state index is 13.8. The molecule has 1 saturated heterocycles. The van der Waals surface area contributed by atoms with Crippen molar-refractivity contribution in [3.8, 4) is 6.07 Å². The molecular weight excluding hydrogens is 476 g/mol. The molecule has 26 heavy (non-hydrogen) atoms. The fourth-order valence-electron chi connectivity index (χ4n) is 3.06. The van der Waals surface area contributed by atoms with E-state index < -0.39 is 18.6 Å². The van der Waals surface area contributed by atoms with E-state index in [1.807, 2.05) is 0 Å². The highest BCUT2D eigenvalue weighted by Crippen LogP contribution is 2.30. The second kappa shape index (κ2) is 7.18. The van der Waals surface area contributed by atoms with Crippen molar-refractivity contribution in [2.24, 2.45) is 0 Å². The van der Waals surface area contributed by atoms with E-state index in [2.05, 4.69) is 14.7 Å². The summed E-state index contributed by atoms with van der Waals surface area (Å²) in [5.74, 6) is -0.182. The predicted octanol–water partition coefficient (Wildman–Crippen LogP) is 1.24. The monoisotopic (exact) mass is 491 g/mol. The molecule has 2 N–H and O–H groups in total. The van der Waals surface area contributed by atoms with Gasteiger partial charge in [0, 0.05) is 31.1 Å². The van der Waals surface area contributed by atoms with Crippen molar-refractivity contribution in [1.29, 1.82) is 5.26 Å². The molecule has 0 saturated carbocycles. The van der Waals surface area contributed by atoms with Crippen LogP contribution in [0.25, 0.3) is 10.9 Å². The van der Waals surface area contributed by atoms with Crippen LogP contribution >= 0.6 is 21.2 Å². The van der Waals surface area contributed by atoms with Crippen LogP contribution in [0.15, 0.2) is 18.5 Å². The van der Waals surface area contributed by atoms with Crippen molar-refractivity contribution in [3.05, 3.63) is 29.8 Å². The van der Waals surface area contributed by atoms with Gasteiger partial charge in [-0.25, -0.2) is 27.5 Å². The summed E-state index contributed by atoms with van der Waals surface area (Å²) < 4.78 is 38.8. The summed E-state index contributed by atoms with van der Waals surface area (Å²) in [6.45, 7) is 0.623. The van der Waals surface area contributed by atoms with Crippen molar-refractivity contribution in [1.82, 2.24) is 14.7 Å². The maximum Gasteiger partial charge on any atom is 0.265 e. The Bertz CT molecular complexity index is 997. The minimum absolute atomic E-state index is 0.113. The van der Waals surface area contributed by atoms with E-state index in [4.69, 9.17) is 5.26 Å². The van der Waals surface area contributed by atoms with Crippen LogP contribution in [0.1, 0.15) is 18.4 Å². The van der Waals surface area contributed by atoms with E-state index in [1.165, 1.54) is 39.7 Å². The van der Waals surface area contributed by atoms with Gasteiger partial charge in [0.2, 0.25) is 0 Å². The molecule has 11 heteroatoms. The molecular formula is C15H15FIN5O3S. The van der Waals surface area contributed by atoms with Crippen molar-refractivity contribution in [2.75, 3.05) is 24.5 Å². The van der Waals surface area contributed by atoms with Crippen LogP contribution in [-0.2, 0) is 7.19 Å². The van der Waals surface area contributed by atoms with Crippen molar-refractivity contribution < 1.29 is 17.9 Å². The first-order valence-electron chi connectivity index (χ1n) is 7.72. The lowest BCUT2D eigenvalue weighted by molar-refractivity contribution is 0.0312. The van der Waals surface area contributed by atoms with E-state index in [-0.39, 0.29) is 18.7 Å². The molecule has 2 aromatic rings. The number of halogens is 2. The van der Waals surface area contributed by atoms with E-state index in [0.29, 0.717) is 36.1 Å². The zero-order chi connectivity index (χ0) is 18.9. The first kappa shape index (κ1) is 19.2. The molecule has 1 aliphatic rings. The SMILES string of the molecule is N#Cc1cc2c(N3CCCC(O)(CNS(=O)(=O)I)C3)ncnc2cc1F. The van der Waals surface area contributed by atoms with Gasteiger partial charge in [-0.15, -0.1) is 0 Å². The Labute approximate surface area is 161 Å². The Morgan fingerprint density at radius 2 is 2.23 bits per heavy atom. The Morgan fingerprint density at radius 1 is 1.46 bits per heavy atom. The topological polar surface area (TPSA) is 119 Å². The van der Waals surface area contributed by atoms with Gasteiger partial charge in [0.05, 0.1) is 37.9 Å². The van der Waals surface area contributed by atoms with Gasteiger partial charge in [0.25, 0.3) is 7.19 Å². The van der Waals surface area contributed by atoms with Crippen LogP contribution in [0, 0.1) is 17.1 Å². The van der Waals surface area contributed by atoms with Gasteiger partial charge in [0.15, 0.2) is 0 Å². The number of aliphatic hydroxyl groups is 1. The van der Waals surface area contributed by atoms with Crippen LogP contribution < -0.4 is 9.62 Å². The number of hydrogen-bond acceptors (Lipinski definition) is 7. The second-order valence-electron chi connectivity index (χ2n) is 6.17. The first-order chi connectivity index (χ1) is 12.2. The average molecular weight is 491 g/mol. The predicted molar refractivity (Wildman–Crippen MR) is 102 cm³/mol. The number of piperidine rings is 1. The number of rotatable bonds is 4. The van der Waals surface area contributed by atoms with Crippen LogP contribution in [0.3, 0.4) is 0 Å². The molecule has 0 amide bonds. The third kappa shape index (κ3) is 4.20. The number of hydrogen-bond donors (Lipinski definition) is 2. The molecule has 1 aromatic heterocycles. The summed E-state index contributed by atoms with van der Waals surface area (Å²) in [7, 11) is -3.45. The van der Waals surface area contributed by atoms with Crippen LogP contribution in [0.5, 0.6) is 0 Å². The van der Waals surface area contributed by atoms with Gasteiger partial charge in [-0.1, -0.05) is 0 Å². The maximum atomic E-state index is 13.8. The van der Waals surface area contributed by atoms with Crippen LogP contribution in [-0.4, -0.2) is 48.7 Å². The highest BCUT2D eigenvalue weighted by atomic mass is 127. The molecule has 2 heterocycles. The molecule has 8 nitrogen and oxygen atoms in total. The van der Waals surface area contributed by atoms with Gasteiger partial charge in [-0.2, -0.15) is 5.26 Å². The Hall–Kier alpha value is -1.62. The van der Waals surface area contributed by atoms with Gasteiger partial charge in [-0.05, 0) is 18.9 Å². The fourth-order valence-corrected chi connectivity index (χ4v) is 3.97. The highest BCUT2D eigenvalue weighted by Gasteiger charge is 2.35. The zero-order valence-electron chi connectivity index (χ0n) is 13.5. The number of benzene rings is 1. The molecule has 0 bridgehead atoms. The Kier molecular flexibility index (Phi) is 5.29. The summed E-state index contributed by atoms with van der Waals surface area (Å²) in [4.78, 5) is 10.1. The summed E-state index contributed by atoms with van der Waals surface area (Å²) in [6.07, 6.45) is 2.35. The van der Waals surface area contributed by atoms with Crippen molar-refractivity contribution in [2.45, 2.75) is 18.4 Å². The largest absolute Gasteiger partial charge is 0.387 e. The summed E-state index contributed by atoms with van der Waals surface area (Å²) >= 11 is 1.27. The van der Waals surface area contributed by atoms with E-state index in [0.717, 1.165) is 0 Å². The minimum Gasteiger partial charge on any atom is -0.387 e. The number of β-amino-alcohol motifs (C(OH)–C–C–N with tert-alkyl or cyclic N) is 1. The highest BCUT2D eigenvalue weighted by molar-refractivity contribution is 14.2. The molecule has 1 atom stereocenters. The molecule has 0 aliphatic carbocycles. The molecule has 1 fully saturated rings. The third-order valence-corrected chi connectivity index (χ3v) is 5.68. The lowest BCUT2D eigenvalue weighted by Gasteiger charge is -2.40. The van der Waals surface area contributed by atoms with Gasteiger partial charge < -0.3 is 10.0 Å². The number of fused-ring (bicyclic) bond motifs is 1. The summed E-state index contributed by atoms with van der Waals surface area (Å²) in [6, 6.07) is 4.36. The molecule has 1 unspecified atom stereocenters. The Morgan fingerprint density at radius 3 is 2.92 bits per heavy atom. The molecule has 0 radical (unpaired) electrons. The second-order valence-corrected chi connectivity index (χ2v) is 10.8. The number of nitrogens with zero attached hydrogens (tertiary/aromatic N) is 4. The summed E-state index contributed by atoms with van der Waals surface area (Å²) in [5.41, 5.74) is -1.02. The number of nitrogens with one attached hydrogen (secondary N) is 1. The van der Waals surface area contributed by atoms with Crippen LogP contribution in [0.4, 0.5) is 10.2 Å². The van der Waals surface area contributed by atoms with Gasteiger partial charge >= 0.3 is 0 Å². The van der Waals surface area contributed by atoms with Gasteiger partial charge in [0.1, 0.15) is 24.0 Å².